The number of aryl methyl sites for hydroxylation is 1. The second-order valence-corrected chi connectivity index (χ2v) is 8.06. The van der Waals surface area contributed by atoms with Gasteiger partial charge in [-0.1, -0.05) is 29.8 Å². The van der Waals surface area contributed by atoms with Crippen LogP contribution >= 0.6 is 22.9 Å². The van der Waals surface area contributed by atoms with E-state index in [4.69, 9.17) is 11.6 Å². The summed E-state index contributed by atoms with van der Waals surface area (Å²) in [5.41, 5.74) is 2.05. The highest BCUT2D eigenvalue weighted by Crippen LogP contribution is 2.34. The van der Waals surface area contributed by atoms with E-state index < -0.39 is 0 Å². The molecule has 3 nitrogen and oxygen atoms in total. The number of fused-ring (bicyclic) bond motifs is 4. The maximum Gasteiger partial charge on any atom is 0.212 e. The fraction of sp³-hybridized carbons (Fsp3) is 0.250. The highest BCUT2D eigenvalue weighted by molar-refractivity contribution is 7.25. The average Bonchev–Trinajstić information content (AvgIpc) is 2.89. The molecule has 25 heavy (non-hydrogen) atoms. The Morgan fingerprint density at radius 3 is 2.72 bits per heavy atom. The predicted molar refractivity (Wildman–Crippen MR) is 109 cm³/mol. The summed E-state index contributed by atoms with van der Waals surface area (Å²) in [6, 6.07) is 13.8. The second-order valence-electron chi connectivity index (χ2n) is 6.58. The van der Waals surface area contributed by atoms with Gasteiger partial charge in [0.2, 0.25) is 5.43 Å². The average molecular weight is 371 g/mol. The Morgan fingerprint density at radius 2 is 1.92 bits per heavy atom. The van der Waals surface area contributed by atoms with Gasteiger partial charge < -0.3 is 9.47 Å². The third-order valence-electron chi connectivity index (χ3n) is 4.53. The molecule has 2 aromatic carbocycles. The molecule has 4 aromatic rings. The van der Waals surface area contributed by atoms with Crippen LogP contribution in [0, 0.1) is 0 Å². The minimum absolute atomic E-state index is 0.0986. The number of hydrogen-bond acceptors (Lipinski definition) is 3. The smallest absolute Gasteiger partial charge is 0.212 e. The molecule has 128 valence electrons. The summed E-state index contributed by atoms with van der Waals surface area (Å²) < 4.78 is 4.20. The predicted octanol–water partition coefficient (Wildman–Crippen LogP) is 4.97. The van der Waals surface area contributed by atoms with Crippen molar-refractivity contribution in [2.24, 2.45) is 0 Å². The molecular weight excluding hydrogens is 352 g/mol. The SMILES string of the molecule is CN(C)CCCn1c2ccccc2c2sc3cc(Cl)ccc3c(=O)c21. The molecule has 0 radical (unpaired) electrons. The highest BCUT2D eigenvalue weighted by atomic mass is 35.5. The van der Waals surface area contributed by atoms with Crippen molar-refractivity contribution in [3.05, 3.63) is 57.7 Å². The molecule has 0 spiro atoms. The van der Waals surface area contributed by atoms with Gasteiger partial charge in [-0.2, -0.15) is 0 Å². The Bertz CT molecular complexity index is 1140. The third-order valence-corrected chi connectivity index (χ3v) is 5.94. The van der Waals surface area contributed by atoms with E-state index in [2.05, 4.69) is 35.7 Å². The number of aromatic nitrogens is 1. The topological polar surface area (TPSA) is 25.2 Å². The van der Waals surface area contributed by atoms with Crippen molar-refractivity contribution in [2.75, 3.05) is 20.6 Å². The summed E-state index contributed by atoms with van der Waals surface area (Å²) in [4.78, 5) is 15.4. The molecule has 0 N–H and O–H groups in total. The van der Waals surface area contributed by atoms with E-state index in [0.717, 1.165) is 50.7 Å². The molecule has 2 aromatic heterocycles. The summed E-state index contributed by atoms with van der Waals surface area (Å²) >= 11 is 7.79. The zero-order valence-electron chi connectivity index (χ0n) is 14.3. The van der Waals surface area contributed by atoms with Crippen LogP contribution in [0.15, 0.2) is 47.3 Å². The van der Waals surface area contributed by atoms with E-state index in [1.54, 1.807) is 17.4 Å². The van der Waals surface area contributed by atoms with Crippen LogP contribution in [0.1, 0.15) is 6.42 Å². The van der Waals surface area contributed by atoms with Gasteiger partial charge in [0.15, 0.2) is 0 Å². The number of hydrogen-bond donors (Lipinski definition) is 0. The Balaban J connectivity index is 2.04. The largest absolute Gasteiger partial charge is 0.337 e. The van der Waals surface area contributed by atoms with Crippen molar-refractivity contribution in [1.82, 2.24) is 9.47 Å². The van der Waals surface area contributed by atoms with Gasteiger partial charge in [0.1, 0.15) is 5.52 Å². The first-order valence-corrected chi connectivity index (χ1v) is 9.54. The highest BCUT2D eigenvalue weighted by Gasteiger charge is 2.16. The third kappa shape index (κ3) is 2.84. The molecule has 2 heterocycles. The van der Waals surface area contributed by atoms with Crippen LogP contribution < -0.4 is 5.43 Å². The van der Waals surface area contributed by atoms with Crippen molar-refractivity contribution in [1.29, 1.82) is 0 Å². The van der Waals surface area contributed by atoms with E-state index in [0.29, 0.717) is 5.02 Å². The summed E-state index contributed by atoms with van der Waals surface area (Å²) in [5, 5.41) is 2.56. The lowest BCUT2D eigenvalue weighted by atomic mass is 10.2. The molecule has 0 aliphatic rings. The standard InChI is InChI=1S/C20H19ClN2OS/c1-22(2)10-5-11-23-16-7-4-3-6-14(16)20-18(23)19(24)15-9-8-13(21)12-17(15)25-20/h3-4,6-9,12H,5,10-11H2,1-2H3. The van der Waals surface area contributed by atoms with Gasteiger partial charge in [0, 0.05) is 27.0 Å². The Morgan fingerprint density at radius 1 is 1.12 bits per heavy atom. The summed E-state index contributed by atoms with van der Waals surface area (Å²) in [7, 11) is 4.15. The Hall–Kier alpha value is -1.88. The van der Waals surface area contributed by atoms with Crippen LogP contribution in [-0.4, -0.2) is 30.1 Å². The zero-order chi connectivity index (χ0) is 17.6. The van der Waals surface area contributed by atoms with Crippen LogP contribution in [0.5, 0.6) is 0 Å². The number of halogens is 1. The van der Waals surface area contributed by atoms with E-state index in [1.165, 1.54) is 0 Å². The number of benzene rings is 2. The lowest BCUT2D eigenvalue weighted by Gasteiger charge is -2.11. The molecule has 0 amide bonds. The van der Waals surface area contributed by atoms with Crippen LogP contribution in [0.4, 0.5) is 0 Å². The first kappa shape index (κ1) is 16.6. The molecule has 5 heteroatoms. The fourth-order valence-electron chi connectivity index (χ4n) is 3.38. The molecule has 0 saturated heterocycles. The Kier molecular flexibility index (Phi) is 4.28. The van der Waals surface area contributed by atoms with E-state index >= 15 is 0 Å². The van der Waals surface area contributed by atoms with Crippen LogP contribution in [0.25, 0.3) is 31.2 Å². The van der Waals surface area contributed by atoms with Crippen LogP contribution in [0.2, 0.25) is 5.02 Å². The van der Waals surface area contributed by atoms with Crippen molar-refractivity contribution >= 4 is 54.1 Å². The molecule has 0 fully saturated rings. The maximum atomic E-state index is 13.2. The van der Waals surface area contributed by atoms with Gasteiger partial charge in [-0.25, -0.2) is 0 Å². The van der Waals surface area contributed by atoms with Crippen LogP contribution in [0.3, 0.4) is 0 Å². The second kappa shape index (κ2) is 6.45. The van der Waals surface area contributed by atoms with E-state index in [1.807, 2.05) is 24.3 Å². The number of rotatable bonds is 4. The molecule has 4 rings (SSSR count). The number of para-hydroxylation sites is 1. The molecule has 0 unspecified atom stereocenters. The normalized spacial score (nSPS) is 12.0. The lowest BCUT2D eigenvalue weighted by molar-refractivity contribution is 0.389. The molecule has 0 saturated carbocycles. The molecule has 0 aliphatic heterocycles. The van der Waals surface area contributed by atoms with E-state index in [9.17, 15) is 4.79 Å². The first-order chi connectivity index (χ1) is 12.1. The van der Waals surface area contributed by atoms with Gasteiger partial charge in [-0.3, -0.25) is 4.79 Å². The van der Waals surface area contributed by atoms with E-state index in [-0.39, 0.29) is 5.43 Å². The van der Waals surface area contributed by atoms with Gasteiger partial charge in [-0.15, -0.1) is 11.3 Å². The van der Waals surface area contributed by atoms with Gasteiger partial charge in [-0.05, 0) is 51.3 Å². The summed E-state index contributed by atoms with van der Waals surface area (Å²) in [5.74, 6) is 0. The van der Waals surface area contributed by atoms with Gasteiger partial charge in [0.05, 0.1) is 10.2 Å². The molecule has 0 atom stereocenters. The van der Waals surface area contributed by atoms with Crippen molar-refractivity contribution in [3.63, 3.8) is 0 Å². The molecule has 0 aliphatic carbocycles. The Labute approximate surface area is 155 Å². The summed E-state index contributed by atoms with van der Waals surface area (Å²) in [6.07, 6.45) is 1.00. The quantitative estimate of drug-likeness (QED) is 0.506. The van der Waals surface area contributed by atoms with Crippen molar-refractivity contribution in [2.45, 2.75) is 13.0 Å². The fourth-order valence-corrected chi connectivity index (χ4v) is 4.88. The molecule has 0 bridgehead atoms. The van der Waals surface area contributed by atoms with Crippen LogP contribution in [-0.2, 0) is 6.54 Å². The maximum absolute atomic E-state index is 13.2. The zero-order valence-corrected chi connectivity index (χ0v) is 15.8. The minimum Gasteiger partial charge on any atom is -0.337 e. The van der Waals surface area contributed by atoms with Crippen molar-refractivity contribution in [3.8, 4) is 0 Å². The lowest BCUT2D eigenvalue weighted by Crippen LogP contribution is -2.16. The molecular formula is C20H19ClN2OS. The minimum atomic E-state index is 0.0986. The monoisotopic (exact) mass is 370 g/mol. The van der Waals surface area contributed by atoms with Gasteiger partial charge in [0.25, 0.3) is 0 Å². The number of nitrogens with zero attached hydrogens (tertiary/aromatic N) is 2. The first-order valence-electron chi connectivity index (χ1n) is 8.34. The van der Waals surface area contributed by atoms with Gasteiger partial charge >= 0.3 is 0 Å². The van der Waals surface area contributed by atoms with Crippen molar-refractivity contribution < 1.29 is 0 Å². The summed E-state index contributed by atoms with van der Waals surface area (Å²) in [6.45, 7) is 1.83.